The highest BCUT2D eigenvalue weighted by Gasteiger charge is 2.04. The van der Waals surface area contributed by atoms with Crippen LogP contribution in [-0.4, -0.2) is 27.5 Å². The van der Waals surface area contributed by atoms with Crippen LogP contribution < -0.4 is 4.74 Å². The van der Waals surface area contributed by atoms with Gasteiger partial charge in [-0.05, 0) is 30.3 Å². The lowest BCUT2D eigenvalue weighted by Crippen LogP contribution is -2.09. The van der Waals surface area contributed by atoms with Crippen LogP contribution in [0.15, 0.2) is 42.7 Å². The number of nitrogens with zero attached hydrogens (tertiary/aromatic N) is 2. The highest BCUT2D eigenvalue weighted by atomic mass is 19.1. The lowest BCUT2D eigenvalue weighted by Gasteiger charge is -2.09. The molecule has 6 heteroatoms. The van der Waals surface area contributed by atoms with Crippen molar-refractivity contribution in [3.63, 3.8) is 0 Å². The number of rotatable bonds is 6. The minimum atomic E-state index is -1.10. The van der Waals surface area contributed by atoms with E-state index in [0.717, 1.165) is 6.08 Å². The van der Waals surface area contributed by atoms with Crippen LogP contribution in [0, 0.1) is 5.82 Å². The van der Waals surface area contributed by atoms with E-state index in [-0.39, 0.29) is 0 Å². The zero-order valence-electron chi connectivity index (χ0n) is 10.6. The molecular weight excluding hydrogens is 263 g/mol. The van der Waals surface area contributed by atoms with Crippen molar-refractivity contribution in [1.29, 1.82) is 0 Å². The number of hydrogen-bond acceptors (Lipinski definition) is 3. The summed E-state index contributed by atoms with van der Waals surface area (Å²) in [6.45, 7) is 0.897. The number of halogens is 1. The summed E-state index contributed by atoms with van der Waals surface area (Å²) < 4.78 is 20.4. The minimum Gasteiger partial charge on any atom is -0.491 e. The van der Waals surface area contributed by atoms with Crippen molar-refractivity contribution in [3.05, 3.63) is 54.1 Å². The Hall–Kier alpha value is -2.63. The number of carboxylic acid groups (broad SMARTS) is 1. The third kappa shape index (κ3) is 3.94. The summed E-state index contributed by atoms with van der Waals surface area (Å²) in [6.07, 6.45) is 5.71. The number of ether oxygens (including phenoxy) is 1. The third-order valence-electron chi connectivity index (χ3n) is 2.51. The molecule has 0 aliphatic rings. The summed E-state index contributed by atoms with van der Waals surface area (Å²) in [4.78, 5) is 10.5. The number of aromatic nitrogens is 2. The molecule has 0 spiro atoms. The maximum Gasteiger partial charge on any atom is 0.328 e. The molecule has 0 amide bonds. The van der Waals surface area contributed by atoms with Crippen molar-refractivity contribution < 1.29 is 19.0 Å². The summed E-state index contributed by atoms with van der Waals surface area (Å²) >= 11 is 0. The smallest absolute Gasteiger partial charge is 0.328 e. The molecule has 1 heterocycles. The fourth-order valence-corrected chi connectivity index (χ4v) is 1.62. The first-order valence-electron chi connectivity index (χ1n) is 5.96. The molecule has 0 bridgehead atoms. The molecule has 2 aromatic rings. The van der Waals surface area contributed by atoms with Crippen LogP contribution in [-0.2, 0) is 11.3 Å². The fourth-order valence-electron chi connectivity index (χ4n) is 1.62. The van der Waals surface area contributed by atoms with E-state index in [1.54, 1.807) is 23.1 Å². The standard InChI is InChI=1S/C14H13FN2O3/c15-12-3-4-13(11(10-12)2-5-14(18)19)20-9-8-17-7-1-6-16-17/h1-7,10H,8-9H2,(H,18,19)/b5-2+. The van der Waals surface area contributed by atoms with Crippen molar-refractivity contribution in [2.75, 3.05) is 6.61 Å². The lowest BCUT2D eigenvalue weighted by atomic mass is 10.2. The van der Waals surface area contributed by atoms with Crippen molar-refractivity contribution in [2.24, 2.45) is 0 Å². The van der Waals surface area contributed by atoms with Gasteiger partial charge in [-0.2, -0.15) is 5.10 Å². The van der Waals surface area contributed by atoms with E-state index in [4.69, 9.17) is 9.84 Å². The van der Waals surface area contributed by atoms with Crippen molar-refractivity contribution in [3.8, 4) is 5.75 Å². The Bertz CT molecular complexity index is 609. The van der Waals surface area contributed by atoms with Crippen molar-refractivity contribution in [2.45, 2.75) is 6.54 Å². The molecule has 0 radical (unpaired) electrons. The fraction of sp³-hybridized carbons (Fsp3) is 0.143. The Kier molecular flexibility index (Phi) is 4.49. The number of aliphatic carboxylic acids is 1. The maximum atomic E-state index is 13.2. The van der Waals surface area contributed by atoms with Gasteiger partial charge in [0.05, 0.1) is 6.54 Å². The van der Waals surface area contributed by atoms with Crippen molar-refractivity contribution >= 4 is 12.0 Å². The van der Waals surface area contributed by atoms with Gasteiger partial charge >= 0.3 is 5.97 Å². The van der Waals surface area contributed by atoms with Crippen LogP contribution in [0.5, 0.6) is 5.75 Å². The minimum absolute atomic E-state index is 0.348. The van der Waals surface area contributed by atoms with Gasteiger partial charge < -0.3 is 9.84 Å². The SMILES string of the molecule is O=C(O)/C=C/c1cc(F)ccc1OCCn1cccn1. The summed E-state index contributed by atoms with van der Waals surface area (Å²) in [5, 5.41) is 12.6. The quantitative estimate of drug-likeness (QED) is 0.821. The molecule has 104 valence electrons. The molecule has 20 heavy (non-hydrogen) atoms. The number of carbonyl (C=O) groups is 1. The van der Waals surface area contributed by atoms with Gasteiger partial charge in [0, 0.05) is 24.0 Å². The summed E-state index contributed by atoms with van der Waals surface area (Å²) in [6, 6.07) is 5.77. The van der Waals surface area contributed by atoms with E-state index >= 15 is 0 Å². The lowest BCUT2D eigenvalue weighted by molar-refractivity contribution is -0.131. The molecule has 5 nitrogen and oxygen atoms in total. The van der Waals surface area contributed by atoms with Gasteiger partial charge in [-0.3, -0.25) is 4.68 Å². The van der Waals surface area contributed by atoms with Crippen LogP contribution >= 0.6 is 0 Å². The largest absolute Gasteiger partial charge is 0.491 e. The average Bonchev–Trinajstić information content (AvgIpc) is 2.91. The number of benzene rings is 1. The first-order valence-corrected chi connectivity index (χ1v) is 5.96. The monoisotopic (exact) mass is 276 g/mol. The topological polar surface area (TPSA) is 64.3 Å². The molecule has 0 saturated carbocycles. The van der Waals surface area contributed by atoms with E-state index in [2.05, 4.69) is 5.10 Å². The van der Waals surface area contributed by atoms with Crippen LogP contribution in [0.3, 0.4) is 0 Å². The highest BCUT2D eigenvalue weighted by molar-refractivity contribution is 5.85. The van der Waals surface area contributed by atoms with Gasteiger partial charge in [0.2, 0.25) is 0 Å². The van der Waals surface area contributed by atoms with E-state index in [0.29, 0.717) is 24.5 Å². The summed E-state index contributed by atoms with van der Waals surface area (Å²) in [5.74, 6) is -1.12. The highest BCUT2D eigenvalue weighted by Crippen LogP contribution is 2.21. The van der Waals surface area contributed by atoms with Crippen LogP contribution in [0.4, 0.5) is 4.39 Å². The van der Waals surface area contributed by atoms with Crippen LogP contribution in [0.2, 0.25) is 0 Å². The molecule has 1 N–H and O–H groups in total. The van der Waals surface area contributed by atoms with Gasteiger partial charge in [-0.25, -0.2) is 9.18 Å². The second kappa shape index (κ2) is 6.51. The van der Waals surface area contributed by atoms with E-state index < -0.39 is 11.8 Å². The predicted octanol–water partition coefficient (Wildman–Crippen LogP) is 2.20. The number of carboxylic acids is 1. The predicted molar refractivity (Wildman–Crippen MR) is 70.8 cm³/mol. The van der Waals surface area contributed by atoms with Crippen LogP contribution in [0.25, 0.3) is 6.08 Å². The Morgan fingerprint density at radius 1 is 1.50 bits per heavy atom. The molecule has 0 fully saturated rings. The molecule has 0 unspecified atom stereocenters. The zero-order valence-corrected chi connectivity index (χ0v) is 10.6. The second-order valence-corrected chi connectivity index (χ2v) is 3.97. The Morgan fingerprint density at radius 3 is 3.05 bits per heavy atom. The zero-order chi connectivity index (χ0) is 14.4. The molecule has 0 aliphatic carbocycles. The molecule has 1 aromatic carbocycles. The maximum absolute atomic E-state index is 13.2. The first-order chi connectivity index (χ1) is 9.65. The van der Waals surface area contributed by atoms with Gasteiger partial charge in [-0.1, -0.05) is 0 Å². The van der Waals surface area contributed by atoms with Gasteiger partial charge in [0.15, 0.2) is 0 Å². The number of hydrogen-bond donors (Lipinski definition) is 1. The summed E-state index contributed by atoms with van der Waals surface area (Å²) in [5.41, 5.74) is 0.382. The molecule has 0 saturated heterocycles. The molecular formula is C14H13FN2O3. The van der Waals surface area contributed by atoms with Gasteiger partial charge in [-0.15, -0.1) is 0 Å². The average molecular weight is 276 g/mol. The molecule has 0 aliphatic heterocycles. The second-order valence-electron chi connectivity index (χ2n) is 3.97. The van der Waals surface area contributed by atoms with Crippen molar-refractivity contribution in [1.82, 2.24) is 9.78 Å². The van der Waals surface area contributed by atoms with Gasteiger partial charge in [0.1, 0.15) is 18.2 Å². The van der Waals surface area contributed by atoms with E-state index in [9.17, 15) is 9.18 Å². The van der Waals surface area contributed by atoms with Crippen LogP contribution in [0.1, 0.15) is 5.56 Å². The van der Waals surface area contributed by atoms with E-state index in [1.165, 1.54) is 24.3 Å². The summed E-state index contributed by atoms with van der Waals surface area (Å²) in [7, 11) is 0. The van der Waals surface area contributed by atoms with Gasteiger partial charge in [0.25, 0.3) is 0 Å². The first kappa shape index (κ1) is 13.8. The Balaban J connectivity index is 2.04. The Morgan fingerprint density at radius 2 is 2.35 bits per heavy atom. The Labute approximate surface area is 114 Å². The molecule has 1 aromatic heterocycles. The van der Waals surface area contributed by atoms with E-state index in [1.807, 2.05) is 0 Å². The molecule has 2 rings (SSSR count). The molecule has 0 atom stereocenters. The third-order valence-corrected chi connectivity index (χ3v) is 2.51. The normalized spacial score (nSPS) is 10.8.